The molecule has 1 aromatic heterocycles. The van der Waals surface area contributed by atoms with Crippen LogP contribution in [-0.2, 0) is 20.8 Å². The molecule has 0 aliphatic heterocycles. The zero-order chi connectivity index (χ0) is 14.8. The van der Waals surface area contributed by atoms with Crippen molar-refractivity contribution in [3.63, 3.8) is 0 Å². The number of hydrogen-bond acceptors (Lipinski definition) is 7. The standard InChI is InChI=1S/C11H20N4O4S/c1-18-6-7-19-5-3-2-4-15-10(12)13-14-11(15)20-8-9(16)17/h2-8H2,1H3,(H2,12,13)(H,16,17). The molecule has 1 heterocycles. The second kappa shape index (κ2) is 9.56. The van der Waals surface area contributed by atoms with Gasteiger partial charge in [0.25, 0.3) is 0 Å². The summed E-state index contributed by atoms with van der Waals surface area (Å²) in [6.45, 7) is 2.48. The first-order valence-electron chi connectivity index (χ1n) is 6.25. The largest absolute Gasteiger partial charge is 0.481 e. The van der Waals surface area contributed by atoms with Gasteiger partial charge in [0.2, 0.25) is 5.95 Å². The van der Waals surface area contributed by atoms with E-state index in [1.165, 1.54) is 0 Å². The Bertz CT molecular complexity index is 413. The molecule has 0 aliphatic carbocycles. The molecule has 0 amide bonds. The van der Waals surface area contributed by atoms with Crippen LogP contribution in [0.15, 0.2) is 5.16 Å². The summed E-state index contributed by atoms with van der Waals surface area (Å²) < 4.78 is 12.0. The van der Waals surface area contributed by atoms with Crippen LogP contribution in [0, 0.1) is 0 Å². The highest BCUT2D eigenvalue weighted by Gasteiger charge is 2.11. The van der Waals surface area contributed by atoms with Crippen molar-refractivity contribution in [1.29, 1.82) is 0 Å². The Kier molecular flexibility index (Phi) is 8.00. The predicted octanol–water partition coefficient (Wildman–Crippen LogP) is 0.480. The second-order valence-corrected chi connectivity index (χ2v) is 4.93. The Hall–Kier alpha value is -1.32. The Morgan fingerprint density at radius 2 is 2.15 bits per heavy atom. The fourth-order valence-corrected chi connectivity index (χ4v) is 2.15. The van der Waals surface area contributed by atoms with Crippen LogP contribution in [-0.4, -0.2) is 58.5 Å². The number of nitrogen functional groups attached to an aromatic ring is 1. The van der Waals surface area contributed by atoms with Crippen LogP contribution in [0.25, 0.3) is 0 Å². The summed E-state index contributed by atoms with van der Waals surface area (Å²) in [4.78, 5) is 10.5. The van der Waals surface area contributed by atoms with E-state index in [0.29, 0.717) is 37.5 Å². The van der Waals surface area contributed by atoms with Gasteiger partial charge in [-0.2, -0.15) is 0 Å². The van der Waals surface area contributed by atoms with Gasteiger partial charge in [-0.25, -0.2) is 0 Å². The predicted molar refractivity (Wildman–Crippen MR) is 74.7 cm³/mol. The van der Waals surface area contributed by atoms with Gasteiger partial charge >= 0.3 is 5.97 Å². The number of carboxylic acid groups (broad SMARTS) is 1. The fraction of sp³-hybridized carbons (Fsp3) is 0.727. The molecule has 8 nitrogen and oxygen atoms in total. The van der Waals surface area contributed by atoms with Gasteiger partial charge in [0.1, 0.15) is 0 Å². The molecule has 0 aromatic carbocycles. The molecule has 114 valence electrons. The molecule has 0 atom stereocenters. The molecule has 1 rings (SSSR count). The molecule has 0 spiro atoms. The van der Waals surface area contributed by atoms with Crippen molar-refractivity contribution in [2.75, 3.05) is 38.4 Å². The number of carbonyl (C=O) groups is 1. The van der Waals surface area contributed by atoms with Gasteiger partial charge in [-0.3, -0.25) is 9.36 Å². The average molecular weight is 304 g/mol. The summed E-state index contributed by atoms with van der Waals surface area (Å²) in [6.07, 6.45) is 1.74. The summed E-state index contributed by atoms with van der Waals surface area (Å²) in [7, 11) is 1.63. The normalized spacial score (nSPS) is 10.8. The van der Waals surface area contributed by atoms with Crippen LogP contribution in [0.3, 0.4) is 0 Å². The van der Waals surface area contributed by atoms with Crippen LogP contribution >= 0.6 is 11.8 Å². The average Bonchev–Trinajstić information content (AvgIpc) is 2.76. The van der Waals surface area contributed by atoms with Gasteiger partial charge in [0, 0.05) is 20.3 Å². The molecule has 20 heavy (non-hydrogen) atoms. The number of rotatable bonds is 11. The van der Waals surface area contributed by atoms with Crippen molar-refractivity contribution in [2.24, 2.45) is 0 Å². The molecule has 0 saturated heterocycles. The van der Waals surface area contributed by atoms with Crippen molar-refractivity contribution < 1.29 is 19.4 Å². The highest BCUT2D eigenvalue weighted by Crippen LogP contribution is 2.18. The fourth-order valence-electron chi connectivity index (χ4n) is 1.46. The summed E-state index contributed by atoms with van der Waals surface area (Å²) in [5, 5.41) is 16.8. The quantitative estimate of drug-likeness (QED) is 0.448. The van der Waals surface area contributed by atoms with Gasteiger partial charge in [-0.1, -0.05) is 11.8 Å². The highest BCUT2D eigenvalue weighted by atomic mass is 32.2. The number of nitrogens with two attached hydrogens (primary N) is 1. The number of aromatic nitrogens is 3. The van der Waals surface area contributed by atoms with Crippen LogP contribution in [0.1, 0.15) is 12.8 Å². The van der Waals surface area contributed by atoms with Crippen molar-refractivity contribution in [1.82, 2.24) is 14.8 Å². The number of anilines is 1. The topological polar surface area (TPSA) is 112 Å². The van der Waals surface area contributed by atoms with Gasteiger partial charge in [0.15, 0.2) is 5.16 Å². The lowest BCUT2D eigenvalue weighted by Crippen LogP contribution is -2.08. The van der Waals surface area contributed by atoms with Crippen molar-refractivity contribution in [3.05, 3.63) is 0 Å². The Morgan fingerprint density at radius 3 is 2.85 bits per heavy atom. The molecule has 1 aromatic rings. The summed E-state index contributed by atoms with van der Waals surface area (Å²) in [5.41, 5.74) is 5.71. The second-order valence-electron chi connectivity index (χ2n) is 3.99. The minimum Gasteiger partial charge on any atom is -0.481 e. The molecule has 0 unspecified atom stereocenters. The van der Waals surface area contributed by atoms with E-state index in [9.17, 15) is 4.79 Å². The smallest absolute Gasteiger partial charge is 0.313 e. The molecule has 0 saturated carbocycles. The monoisotopic (exact) mass is 304 g/mol. The van der Waals surface area contributed by atoms with Gasteiger partial charge < -0.3 is 20.3 Å². The summed E-state index contributed by atoms with van der Waals surface area (Å²) in [5.74, 6) is -0.647. The lowest BCUT2D eigenvalue weighted by Gasteiger charge is -2.07. The molecule has 9 heteroatoms. The summed E-state index contributed by atoms with van der Waals surface area (Å²) >= 11 is 1.11. The third-order valence-electron chi connectivity index (χ3n) is 2.42. The van der Waals surface area contributed by atoms with Crippen LogP contribution in [0.4, 0.5) is 5.95 Å². The number of nitrogens with zero attached hydrogens (tertiary/aromatic N) is 3. The van der Waals surface area contributed by atoms with E-state index >= 15 is 0 Å². The zero-order valence-corrected chi connectivity index (χ0v) is 12.3. The number of methoxy groups -OCH3 is 1. The van der Waals surface area contributed by atoms with E-state index in [0.717, 1.165) is 24.6 Å². The highest BCUT2D eigenvalue weighted by molar-refractivity contribution is 7.99. The SMILES string of the molecule is COCCOCCCCn1c(N)nnc1SCC(=O)O. The first kappa shape index (κ1) is 16.7. The molecule has 0 aliphatic rings. The Morgan fingerprint density at radius 1 is 1.35 bits per heavy atom. The van der Waals surface area contributed by atoms with Crippen molar-refractivity contribution in [2.45, 2.75) is 24.5 Å². The molecule has 0 radical (unpaired) electrons. The number of aliphatic carboxylic acids is 1. The number of ether oxygens (including phenoxy) is 2. The zero-order valence-electron chi connectivity index (χ0n) is 11.4. The summed E-state index contributed by atoms with van der Waals surface area (Å²) in [6, 6.07) is 0. The van der Waals surface area contributed by atoms with Gasteiger partial charge in [0.05, 0.1) is 19.0 Å². The lowest BCUT2D eigenvalue weighted by molar-refractivity contribution is -0.133. The van der Waals surface area contributed by atoms with E-state index in [4.69, 9.17) is 20.3 Å². The van der Waals surface area contributed by atoms with Crippen LogP contribution in [0.2, 0.25) is 0 Å². The molecular formula is C11H20N4O4S. The van der Waals surface area contributed by atoms with E-state index < -0.39 is 5.97 Å². The van der Waals surface area contributed by atoms with E-state index in [-0.39, 0.29) is 5.75 Å². The van der Waals surface area contributed by atoms with Crippen molar-refractivity contribution in [3.8, 4) is 0 Å². The molecular weight excluding hydrogens is 284 g/mol. The Balaban J connectivity index is 2.28. The number of carboxylic acids is 1. The van der Waals surface area contributed by atoms with Gasteiger partial charge in [-0.15, -0.1) is 10.2 Å². The van der Waals surface area contributed by atoms with E-state index in [1.807, 2.05) is 0 Å². The number of thioether (sulfide) groups is 1. The number of hydrogen-bond donors (Lipinski definition) is 2. The molecule has 3 N–H and O–H groups in total. The maximum absolute atomic E-state index is 10.5. The first-order valence-corrected chi connectivity index (χ1v) is 7.23. The lowest BCUT2D eigenvalue weighted by atomic mass is 10.3. The minimum atomic E-state index is -0.894. The molecule has 0 bridgehead atoms. The molecule has 0 fully saturated rings. The third-order valence-corrected chi connectivity index (χ3v) is 3.37. The van der Waals surface area contributed by atoms with E-state index in [2.05, 4.69) is 10.2 Å². The maximum Gasteiger partial charge on any atom is 0.313 e. The number of unbranched alkanes of at least 4 members (excludes halogenated alkanes) is 1. The van der Waals surface area contributed by atoms with Crippen LogP contribution < -0.4 is 5.73 Å². The first-order chi connectivity index (χ1) is 9.65. The maximum atomic E-state index is 10.5. The minimum absolute atomic E-state index is 0.0573. The van der Waals surface area contributed by atoms with Crippen LogP contribution in [0.5, 0.6) is 0 Å². The Labute approximate surface area is 121 Å². The third kappa shape index (κ3) is 6.22. The van der Waals surface area contributed by atoms with E-state index in [1.54, 1.807) is 11.7 Å². The van der Waals surface area contributed by atoms with Gasteiger partial charge in [-0.05, 0) is 12.8 Å². The van der Waals surface area contributed by atoms with Crippen molar-refractivity contribution >= 4 is 23.7 Å².